The van der Waals surface area contributed by atoms with Crippen LogP contribution in [0, 0.1) is 0 Å². The third-order valence-corrected chi connectivity index (χ3v) is 4.01. The second kappa shape index (κ2) is 8.51. The molecule has 1 atom stereocenters. The van der Waals surface area contributed by atoms with Crippen molar-refractivity contribution < 1.29 is 4.79 Å². The van der Waals surface area contributed by atoms with Gasteiger partial charge in [0.05, 0.1) is 6.17 Å². The number of piperidine rings is 2. The molecule has 0 aromatic heterocycles. The number of nitrogens with zero attached hydrogens (tertiary/aromatic N) is 3. The molecule has 0 radical (unpaired) electrons. The molecule has 0 aliphatic carbocycles. The molecule has 0 aromatic carbocycles. The molecular formula is C14H30N4O. The summed E-state index contributed by atoms with van der Waals surface area (Å²) in [5, 5.41) is 0. The van der Waals surface area contributed by atoms with Crippen LogP contribution in [0.15, 0.2) is 0 Å². The van der Waals surface area contributed by atoms with Crippen LogP contribution in [0.2, 0.25) is 0 Å². The second-order valence-corrected chi connectivity index (χ2v) is 5.92. The first-order chi connectivity index (χ1) is 9.04. The molecule has 1 unspecified atom stereocenters. The van der Waals surface area contributed by atoms with E-state index < -0.39 is 0 Å². The number of carbonyl (C=O) groups is 1. The largest absolute Gasteiger partial charge is 0.330 e. The maximum Gasteiger partial charge on any atom is 0.210 e. The van der Waals surface area contributed by atoms with Crippen LogP contribution < -0.4 is 5.73 Å². The average molecular weight is 270 g/mol. The van der Waals surface area contributed by atoms with Gasteiger partial charge in [-0.2, -0.15) is 0 Å². The highest BCUT2D eigenvalue weighted by Crippen LogP contribution is 2.16. The Kier molecular flexibility index (Phi) is 7.34. The van der Waals surface area contributed by atoms with Crippen molar-refractivity contribution >= 4 is 6.41 Å². The van der Waals surface area contributed by atoms with E-state index in [-0.39, 0.29) is 0 Å². The average Bonchev–Trinajstić information content (AvgIpc) is 2.42. The van der Waals surface area contributed by atoms with Gasteiger partial charge < -0.3 is 15.5 Å². The first kappa shape index (κ1) is 16.4. The van der Waals surface area contributed by atoms with E-state index in [0.29, 0.717) is 12.2 Å². The summed E-state index contributed by atoms with van der Waals surface area (Å²) >= 11 is 0. The van der Waals surface area contributed by atoms with Gasteiger partial charge in [0, 0.05) is 12.6 Å². The van der Waals surface area contributed by atoms with E-state index in [1.54, 1.807) is 0 Å². The Morgan fingerprint density at radius 2 is 1.74 bits per heavy atom. The molecule has 2 heterocycles. The Bertz CT molecular complexity index is 242. The smallest absolute Gasteiger partial charge is 0.210 e. The molecule has 2 fully saturated rings. The first-order valence-corrected chi connectivity index (χ1v) is 7.36. The molecule has 2 rings (SSSR count). The molecule has 0 aromatic rings. The van der Waals surface area contributed by atoms with E-state index in [1.807, 2.05) is 19.0 Å². The van der Waals surface area contributed by atoms with Crippen LogP contribution in [0.1, 0.15) is 32.1 Å². The Balaban J connectivity index is 0.000000200. The van der Waals surface area contributed by atoms with Crippen molar-refractivity contribution in [3.05, 3.63) is 0 Å². The van der Waals surface area contributed by atoms with Gasteiger partial charge in [0.2, 0.25) is 6.41 Å². The van der Waals surface area contributed by atoms with Gasteiger partial charge in [0.15, 0.2) is 0 Å². The van der Waals surface area contributed by atoms with Crippen molar-refractivity contribution in [2.75, 3.05) is 40.8 Å². The predicted molar refractivity (Wildman–Crippen MR) is 78.8 cm³/mol. The summed E-state index contributed by atoms with van der Waals surface area (Å²) in [4.78, 5) is 16.9. The lowest BCUT2D eigenvalue weighted by molar-refractivity contribution is -0.125. The van der Waals surface area contributed by atoms with Crippen molar-refractivity contribution in [1.29, 1.82) is 0 Å². The van der Waals surface area contributed by atoms with Crippen LogP contribution in [-0.4, -0.2) is 74.1 Å². The number of rotatable bonds is 2. The minimum atomic E-state index is 0.334. The normalized spacial score (nSPS) is 25.9. The van der Waals surface area contributed by atoms with Crippen LogP contribution in [0.4, 0.5) is 0 Å². The number of hydrogen-bond donors (Lipinski definition) is 1. The summed E-state index contributed by atoms with van der Waals surface area (Å²) in [6, 6.07) is 0.478. The molecule has 2 saturated heterocycles. The highest BCUT2D eigenvalue weighted by atomic mass is 16.1. The van der Waals surface area contributed by atoms with Crippen molar-refractivity contribution in [1.82, 2.24) is 14.7 Å². The number of likely N-dealkylation sites (tertiary alicyclic amines) is 2. The minimum absolute atomic E-state index is 0.334. The Morgan fingerprint density at radius 3 is 2.16 bits per heavy atom. The minimum Gasteiger partial charge on any atom is -0.330 e. The molecule has 0 spiro atoms. The molecule has 5 nitrogen and oxygen atoms in total. The van der Waals surface area contributed by atoms with Gasteiger partial charge in [-0.3, -0.25) is 9.69 Å². The van der Waals surface area contributed by atoms with Crippen LogP contribution in [0.5, 0.6) is 0 Å². The summed E-state index contributed by atoms with van der Waals surface area (Å²) in [5.74, 6) is 0. The lowest BCUT2D eigenvalue weighted by atomic mass is 10.1. The number of carbonyl (C=O) groups excluding carboxylic acids is 1. The predicted octanol–water partition coefficient (Wildman–Crippen LogP) is 0.556. The number of nitrogens with two attached hydrogens (primary N) is 1. The second-order valence-electron chi connectivity index (χ2n) is 5.92. The Morgan fingerprint density at radius 1 is 1.11 bits per heavy atom. The molecule has 5 heteroatoms. The van der Waals surface area contributed by atoms with Crippen molar-refractivity contribution in [2.24, 2.45) is 5.73 Å². The van der Waals surface area contributed by atoms with E-state index in [2.05, 4.69) is 16.8 Å². The third-order valence-electron chi connectivity index (χ3n) is 4.01. The standard InChI is InChI=1S/C8H16N2O.C6H14N2/c1-9(2)8-5-3-4-6-10(8)7-11;1-8-4-2-6(7)3-5-8/h7-8H,3-6H2,1-2H3;6H,2-5,7H2,1H3. The highest BCUT2D eigenvalue weighted by molar-refractivity contribution is 5.47. The maximum atomic E-state index is 10.6. The van der Waals surface area contributed by atoms with E-state index in [4.69, 9.17) is 5.73 Å². The first-order valence-electron chi connectivity index (χ1n) is 7.36. The van der Waals surface area contributed by atoms with Crippen LogP contribution >= 0.6 is 0 Å². The lowest BCUT2D eigenvalue weighted by Crippen LogP contribution is -2.47. The molecule has 1 amide bonds. The summed E-state index contributed by atoms with van der Waals surface area (Å²) in [6.07, 6.45) is 7.17. The number of hydrogen-bond acceptors (Lipinski definition) is 4. The SMILES string of the molecule is CN(C)C1CCCCN1C=O.CN1CCC(N)CC1. The molecule has 112 valence electrons. The van der Waals surface area contributed by atoms with Gasteiger partial charge >= 0.3 is 0 Å². The van der Waals surface area contributed by atoms with Gasteiger partial charge in [0.25, 0.3) is 0 Å². The van der Waals surface area contributed by atoms with Gasteiger partial charge in [-0.15, -0.1) is 0 Å². The number of amides is 1. The quantitative estimate of drug-likeness (QED) is 0.745. The Hall–Kier alpha value is -0.650. The molecule has 0 bridgehead atoms. The summed E-state index contributed by atoms with van der Waals surface area (Å²) in [5.41, 5.74) is 5.67. The summed E-state index contributed by atoms with van der Waals surface area (Å²) in [6.45, 7) is 3.29. The van der Waals surface area contributed by atoms with Gasteiger partial charge in [0.1, 0.15) is 0 Å². The topological polar surface area (TPSA) is 52.8 Å². The fourth-order valence-corrected chi connectivity index (χ4v) is 2.64. The zero-order valence-corrected chi connectivity index (χ0v) is 12.7. The Labute approximate surface area is 117 Å². The zero-order valence-electron chi connectivity index (χ0n) is 12.7. The molecule has 0 saturated carbocycles. The van der Waals surface area contributed by atoms with Gasteiger partial charge in [-0.25, -0.2) is 0 Å². The molecule has 2 aliphatic rings. The van der Waals surface area contributed by atoms with Gasteiger partial charge in [-0.1, -0.05) is 0 Å². The van der Waals surface area contributed by atoms with Crippen LogP contribution in [0.3, 0.4) is 0 Å². The molecular weight excluding hydrogens is 240 g/mol. The van der Waals surface area contributed by atoms with E-state index in [0.717, 1.165) is 25.8 Å². The van der Waals surface area contributed by atoms with Crippen molar-refractivity contribution in [3.8, 4) is 0 Å². The maximum absolute atomic E-state index is 10.6. The van der Waals surface area contributed by atoms with E-state index in [1.165, 1.54) is 32.4 Å². The molecule has 2 N–H and O–H groups in total. The van der Waals surface area contributed by atoms with E-state index in [9.17, 15) is 4.79 Å². The third kappa shape index (κ3) is 5.89. The van der Waals surface area contributed by atoms with E-state index >= 15 is 0 Å². The van der Waals surface area contributed by atoms with Crippen LogP contribution in [-0.2, 0) is 4.79 Å². The summed E-state index contributed by atoms with van der Waals surface area (Å²) in [7, 11) is 6.19. The van der Waals surface area contributed by atoms with Crippen molar-refractivity contribution in [2.45, 2.75) is 44.3 Å². The lowest BCUT2D eigenvalue weighted by Gasteiger charge is -2.36. The highest BCUT2D eigenvalue weighted by Gasteiger charge is 2.21. The molecule has 2 aliphatic heterocycles. The zero-order chi connectivity index (χ0) is 14.3. The fraction of sp³-hybridized carbons (Fsp3) is 0.929. The summed E-state index contributed by atoms with van der Waals surface area (Å²) < 4.78 is 0. The van der Waals surface area contributed by atoms with Gasteiger partial charge in [-0.05, 0) is 66.3 Å². The van der Waals surface area contributed by atoms with Crippen molar-refractivity contribution in [3.63, 3.8) is 0 Å². The molecule has 19 heavy (non-hydrogen) atoms. The fourth-order valence-electron chi connectivity index (χ4n) is 2.64. The van der Waals surface area contributed by atoms with Crippen LogP contribution in [0.25, 0.3) is 0 Å². The monoisotopic (exact) mass is 270 g/mol.